The number of imide groups is 1. The number of nitrogens with one attached hydrogen (secondary N) is 1. The van der Waals surface area contributed by atoms with E-state index in [2.05, 4.69) is 5.32 Å². The number of hydrogen-bond acceptors (Lipinski definition) is 7. The van der Waals surface area contributed by atoms with E-state index in [1.165, 1.54) is 24.3 Å². The monoisotopic (exact) mass is 410 g/mol. The fraction of sp³-hybridized carbons (Fsp3) is 0.238. The molecule has 2 aliphatic rings. The third-order valence-electron chi connectivity index (χ3n) is 4.67. The van der Waals surface area contributed by atoms with Crippen LogP contribution in [0, 0.1) is 0 Å². The van der Waals surface area contributed by atoms with E-state index in [0.717, 1.165) is 10.5 Å². The fourth-order valence-electron chi connectivity index (χ4n) is 3.13. The van der Waals surface area contributed by atoms with Crippen molar-refractivity contribution in [2.45, 2.75) is 19.4 Å². The molecule has 0 spiro atoms. The molecule has 0 aromatic heterocycles. The molecule has 154 valence electrons. The molecule has 30 heavy (non-hydrogen) atoms. The summed E-state index contributed by atoms with van der Waals surface area (Å²) in [4.78, 5) is 48.7. The quantitative estimate of drug-likeness (QED) is 0.568. The van der Waals surface area contributed by atoms with E-state index in [4.69, 9.17) is 14.2 Å². The van der Waals surface area contributed by atoms with E-state index in [-0.39, 0.29) is 43.6 Å². The van der Waals surface area contributed by atoms with Gasteiger partial charge in [-0.1, -0.05) is 6.07 Å². The second-order valence-corrected chi connectivity index (χ2v) is 6.71. The fourth-order valence-corrected chi connectivity index (χ4v) is 3.13. The molecule has 4 rings (SSSR count). The minimum absolute atomic E-state index is 0.173. The third kappa shape index (κ3) is 4.09. The van der Waals surface area contributed by atoms with Crippen LogP contribution in [0.3, 0.4) is 0 Å². The lowest BCUT2D eigenvalue weighted by molar-refractivity contribution is -0.124. The molecule has 3 amide bonds. The van der Waals surface area contributed by atoms with Crippen LogP contribution in [0.5, 0.6) is 11.5 Å². The van der Waals surface area contributed by atoms with Crippen LogP contribution in [0.4, 0.5) is 5.69 Å². The van der Waals surface area contributed by atoms with E-state index < -0.39 is 18.5 Å². The lowest BCUT2D eigenvalue weighted by Crippen LogP contribution is -2.29. The molecule has 0 saturated carbocycles. The Bertz CT molecular complexity index is 1000. The van der Waals surface area contributed by atoms with Gasteiger partial charge >= 0.3 is 5.97 Å². The Balaban J connectivity index is 1.26. The van der Waals surface area contributed by atoms with E-state index in [0.29, 0.717) is 17.2 Å². The SMILES string of the molecule is O=C(COC(=O)c1ccc(N2C(=O)CCC2=O)cc1)NCc1ccc2c(c1)OCO2. The van der Waals surface area contributed by atoms with Crippen molar-refractivity contribution >= 4 is 29.4 Å². The summed E-state index contributed by atoms with van der Waals surface area (Å²) in [6.07, 6.45) is 0.369. The van der Waals surface area contributed by atoms with Crippen molar-refractivity contribution in [2.75, 3.05) is 18.3 Å². The molecule has 0 aliphatic carbocycles. The normalized spacial score (nSPS) is 14.7. The smallest absolute Gasteiger partial charge is 0.338 e. The minimum Gasteiger partial charge on any atom is -0.454 e. The summed E-state index contributed by atoms with van der Waals surface area (Å²) in [5.41, 5.74) is 1.43. The van der Waals surface area contributed by atoms with Gasteiger partial charge in [-0.2, -0.15) is 0 Å². The molecular weight excluding hydrogens is 392 g/mol. The maximum absolute atomic E-state index is 12.1. The predicted molar refractivity (Wildman–Crippen MR) is 103 cm³/mol. The standard InChI is InChI=1S/C21H18N2O7/c24-18(22-10-13-1-6-16-17(9-13)30-12-29-16)11-28-21(27)14-2-4-15(5-3-14)23-19(25)7-8-20(23)26/h1-6,9H,7-8,10-12H2,(H,22,24). The molecular formula is C21H18N2O7. The largest absolute Gasteiger partial charge is 0.454 e. The first-order valence-electron chi connectivity index (χ1n) is 9.29. The van der Waals surface area contributed by atoms with Crippen molar-refractivity contribution in [3.63, 3.8) is 0 Å². The van der Waals surface area contributed by atoms with Crippen molar-refractivity contribution in [3.05, 3.63) is 53.6 Å². The number of benzene rings is 2. The zero-order valence-corrected chi connectivity index (χ0v) is 15.9. The average Bonchev–Trinajstić information content (AvgIpc) is 3.36. The Morgan fingerprint density at radius 1 is 0.967 bits per heavy atom. The van der Waals surface area contributed by atoms with E-state index in [9.17, 15) is 19.2 Å². The van der Waals surface area contributed by atoms with Gasteiger partial charge in [0.15, 0.2) is 18.1 Å². The van der Waals surface area contributed by atoms with Gasteiger partial charge in [-0.3, -0.25) is 19.3 Å². The van der Waals surface area contributed by atoms with Gasteiger partial charge in [0.1, 0.15) is 0 Å². The first-order chi connectivity index (χ1) is 14.5. The molecule has 0 atom stereocenters. The average molecular weight is 410 g/mol. The molecule has 2 aromatic carbocycles. The number of esters is 1. The molecule has 2 aromatic rings. The number of anilines is 1. The summed E-state index contributed by atoms with van der Waals surface area (Å²) in [7, 11) is 0. The van der Waals surface area contributed by atoms with Crippen molar-refractivity contribution in [3.8, 4) is 11.5 Å². The van der Waals surface area contributed by atoms with Crippen molar-refractivity contribution in [1.29, 1.82) is 0 Å². The van der Waals surface area contributed by atoms with Crippen LogP contribution >= 0.6 is 0 Å². The summed E-state index contributed by atoms with van der Waals surface area (Å²) in [6, 6.07) is 11.2. The topological polar surface area (TPSA) is 111 Å². The predicted octanol–water partition coefficient (Wildman–Crippen LogP) is 1.54. The highest BCUT2D eigenvalue weighted by Gasteiger charge is 2.30. The van der Waals surface area contributed by atoms with Crippen molar-refractivity contribution < 1.29 is 33.4 Å². The highest BCUT2D eigenvalue weighted by molar-refractivity contribution is 6.19. The van der Waals surface area contributed by atoms with Crippen LogP contribution in [-0.4, -0.2) is 37.1 Å². The summed E-state index contributed by atoms with van der Waals surface area (Å²) < 4.78 is 15.5. The Kier molecular flexibility index (Phi) is 5.34. The lowest BCUT2D eigenvalue weighted by Gasteiger charge is -2.14. The van der Waals surface area contributed by atoms with Gasteiger partial charge in [0.05, 0.1) is 11.3 Å². The Labute approximate surface area is 171 Å². The number of rotatable bonds is 6. The van der Waals surface area contributed by atoms with Gasteiger partial charge in [-0.25, -0.2) is 4.79 Å². The number of hydrogen-bond donors (Lipinski definition) is 1. The molecule has 9 heteroatoms. The summed E-state index contributed by atoms with van der Waals surface area (Å²) >= 11 is 0. The number of ether oxygens (including phenoxy) is 3. The van der Waals surface area contributed by atoms with Crippen LogP contribution in [0.25, 0.3) is 0 Å². The zero-order chi connectivity index (χ0) is 21.1. The second kappa shape index (κ2) is 8.24. The van der Waals surface area contributed by atoms with Crippen LogP contribution in [0.2, 0.25) is 0 Å². The highest BCUT2D eigenvalue weighted by Crippen LogP contribution is 2.32. The molecule has 0 radical (unpaired) electrons. The molecule has 0 bridgehead atoms. The van der Waals surface area contributed by atoms with Crippen molar-refractivity contribution in [2.24, 2.45) is 0 Å². The van der Waals surface area contributed by atoms with Gasteiger partial charge in [0, 0.05) is 19.4 Å². The van der Waals surface area contributed by atoms with Crippen LogP contribution in [-0.2, 0) is 25.7 Å². The van der Waals surface area contributed by atoms with Crippen LogP contribution in [0.1, 0.15) is 28.8 Å². The maximum atomic E-state index is 12.1. The number of fused-ring (bicyclic) bond motifs is 1. The molecule has 2 aliphatic heterocycles. The Hall–Kier alpha value is -3.88. The molecule has 1 fully saturated rings. The van der Waals surface area contributed by atoms with E-state index in [1.807, 2.05) is 0 Å². The lowest BCUT2D eigenvalue weighted by atomic mass is 10.2. The summed E-state index contributed by atoms with van der Waals surface area (Å²) in [5, 5.41) is 2.66. The first-order valence-corrected chi connectivity index (χ1v) is 9.29. The summed E-state index contributed by atoms with van der Waals surface area (Å²) in [5.74, 6) is -0.397. The van der Waals surface area contributed by atoms with Gasteiger partial charge in [0.2, 0.25) is 18.6 Å². The molecule has 1 N–H and O–H groups in total. The van der Waals surface area contributed by atoms with E-state index in [1.54, 1.807) is 18.2 Å². The van der Waals surface area contributed by atoms with Gasteiger partial charge < -0.3 is 19.5 Å². The zero-order valence-electron chi connectivity index (χ0n) is 15.9. The molecule has 2 heterocycles. The Morgan fingerprint density at radius 3 is 2.40 bits per heavy atom. The van der Waals surface area contributed by atoms with Crippen LogP contribution in [0.15, 0.2) is 42.5 Å². The van der Waals surface area contributed by atoms with Gasteiger partial charge in [0.25, 0.3) is 5.91 Å². The van der Waals surface area contributed by atoms with Crippen LogP contribution < -0.4 is 19.7 Å². The minimum atomic E-state index is -0.682. The highest BCUT2D eigenvalue weighted by atomic mass is 16.7. The summed E-state index contributed by atoms with van der Waals surface area (Å²) in [6.45, 7) is -0.0133. The van der Waals surface area contributed by atoms with Crippen molar-refractivity contribution in [1.82, 2.24) is 5.32 Å². The number of carbonyl (C=O) groups is 4. The molecule has 9 nitrogen and oxygen atoms in total. The van der Waals surface area contributed by atoms with Gasteiger partial charge in [-0.15, -0.1) is 0 Å². The number of carbonyl (C=O) groups excluding carboxylic acids is 4. The number of amides is 3. The Morgan fingerprint density at radius 2 is 1.67 bits per heavy atom. The first kappa shape index (κ1) is 19.4. The van der Waals surface area contributed by atoms with Gasteiger partial charge in [-0.05, 0) is 42.0 Å². The molecule has 1 saturated heterocycles. The van der Waals surface area contributed by atoms with E-state index >= 15 is 0 Å². The molecule has 0 unspecified atom stereocenters. The second-order valence-electron chi connectivity index (χ2n) is 6.71. The maximum Gasteiger partial charge on any atom is 0.338 e. The number of nitrogens with zero attached hydrogens (tertiary/aromatic N) is 1. The third-order valence-corrected chi connectivity index (χ3v) is 4.67.